The van der Waals surface area contributed by atoms with Crippen LogP contribution in [-0.2, 0) is 16.0 Å². The molecule has 0 atom stereocenters. The maximum atomic E-state index is 12.3. The van der Waals surface area contributed by atoms with Gasteiger partial charge in [-0.05, 0) is 48.3 Å². The van der Waals surface area contributed by atoms with Crippen molar-refractivity contribution in [3.8, 4) is 10.4 Å². The highest BCUT2D eigenvalue weighted by atomic mass is 32.1. The van der Waals surface area contributed by atoms with Gasteiger partial charge in [0, 0.05) is 24.4 Å². The molecule has 138 valence electrons. The molecule has 5 heteroatoms. The SMILES string of the molecule is CCCC(=O)N1CCC(Cc2ccc(-c3cccs3)cc2)(C(N)=O)CC1. The van der Waals surface area contributed by atoms with Crippen LogP contribution >= 0.6 is 11.3 Å². The van der Waals surface area contributed by atoms with Crippen LogP contribution in [0.15, 0.2) is 41.8 Å². The van der Waals surface area contributed by atoms with Gasteiger partial charge in [-0.15, -0.1) is 11.3 Å². The number of thiophene rings is 1. The van der Waals surface area contributed by atoms with Crippen molar-refractivity contribution in [2.75, 3.05) is 13.1 Å². The summed E-state index contributed by atoms with van der Waals surface area (Å²) in [6.07, 6.45) is 3.36. The Bertz CT molecular complexity index is 745. The molecule has 4 nitrogen and oxygen atoms in total. The van der Waals surface area contributed by atoms with Gasteiger partial charge in [-0.25, -0.2) is 0 Å². The van der Waals surface area contributed by atoms with Gasteiger partial charge >= 0.3 is 0 Å². The highest BCUT2D eigenvalue weighted by Gasteiger charge is 2.40. The molecule has 2 amide bonds. The number of hydrogen-bond donors (Lipinski definition) is 1. The van der Waals surface area contributed by atoms with Crippen LogP contribution in [0.3, 0.4) is 0 Å². The molecule has 1 saturated heterocycles. The molecule has 2 aromatic rings. The second-order valence-corrected chi connectivity index (χ2v) is 8.07. The van der Waals surface area contributed by atoms with E-state index in [4.69, 9.17) is 5.73 Å². The van der Waals surface area contributed by atoms with Crippen molar-refractivity contribution in [2.45, 2.75) is 39.0 Å². The van der Waals surface area contributed by atoms with E-state index in [1.54, 1.807) is 11.3 Å². The van der Waals surface area contributed by atoms with E-state index in [2.05, 4.69) is 35.7 Å². The molecule has 1 aromatic carbocycles. The first-order valence-electron chi connectivity index (χ1n) is 9.24. The number of primary amides is 1. The van der Waals surface area contributed by atoms with E-state index in [1.807, 2.05) is 17.9 Å². The van der Waals surface area contributed by atoms with Crippen molar-refractivity contribution in [2.24, 2.45) is 11.1 Å². The number of likely N-dealkylation sites (tertiary alicyclic amines) is 1. The lowest BCUT2D eigenvalue weighted by atomic mass is 9.73. The summed E-state index contributed by atoms with van der Waals surface area (Å²) in [5.41, 5.74) is 7.56. The molecule has 1 fully saturated rings. The van der Waals surface area contributed by atoms with Gasteiger partial charge < -0.3 is 10.6 Å². The van der Waals surface area contributed by atoms with Gasteiger partial charge in [0.1, 0.15) is 0 Å². The van der Waals surface area contributed by atoms with Crippen LogP contribution in [0, 0.1) is 5.41 Å². The molecule has 2 N–H and O–H groups in total. The summed E-state index contributed by atoms with van der Waals surface area (Å²) in [5, 5.41) is 2.07. The Hall–Kier alpha value is -2.14. The minimum absolute atomic E-state index is 0.186. The lowest BCUT2D eigenvalue weighted by molar-refractivity contribution is -0.139. The van der Waals surface area contributed by atoms with E-state index in [9.17, 15) is 9.59 Å². The number of piperidine rings is 1. The molecule has 0 radical (unpaired) electrons. The predicted octanol–water partition coefficient (Wildman–Crippen LogP) is 3.85. The Morgan fingerprint density at radius 3 is 2.38 bits per heavy atom. The van der Waals surface area contributed by atoms with Gasteiger partial charge in [-0.1, -0.05) is 37.3 Å². The topological polar surface area (TPSA) is 63.4 Å². The van der Waals surface area contributed by atoms with Gasteiger partial charge in [0.2, 0.25) is 11.8 Å². The van der Waals surface area contributed by atoms with Crippen LogP contribution in [0.25, 0.3) is 10.4 Å². The quantitative estimate of drug-likeness (QED) is 0.839. The van der Waals surface area contributed by atoms with E-state index in [-0.39, 0.29) is 11.8 Å². The third-order valence-corrected chi connectivity index (χ3v) is 6.28. The molecule has 26 heavy (non-hydrogen) atoms. The average Bonchev–Trinajstić information content (AvgIpc) is 3.17. The zero-order chi connectivity index (χ0) is 18.6. The fourth-order valence-corrected chi connectivity index (χ4v) is 4.42. The fourth-order valence-electron chi connectivity index (χ4n) is 3.69. The van der Waals surface area contributed by atoms with Crippen molar-refractivity contribution in [3.05, 3.63) is 47.3 Å². The van der Waals surface area contributed by atoms with E-state index >= 15 is 0 Å². The number of carbonyl (C=O) groups excluding carboxylic acids is 2. The van der Waals surface area contributed by atoms with Gasteiger partial charge in [0.05, 0.1) is 5.41 Å². The fraction of sp³-hybridized carbons (Fsp3) is 0.429. The minimum atomic E-state index is -0.548. The molecule has 1 aliphatic heterocycles. The summed E-state index contributed by atoms with van der Waals surface area (Å²) >= 11 is 1.72. The van der Waals surface area contributed by atoms with Crippen LogP contribution < -0.4 is 5.73 Å². The summed E-state index contributed by atoms with van der Waals surface area (Å²) in [7, 11) is 0. The van der Waals surface area contributed by atoms with Crippen molar-refractivity contribution < 1.29 is 9.59 Å². The van der Waals surface area contributed by atoms with E-state index < -0.39 is 5.41 Å². The Morgan fingerprint density at radius 1 is 1.15 bits per heavy atom. The van der Waals surface area contributed by atoms with Crippen molar-refractivity contribution in [3.63, 3.8) is 0 Å². The average molecular weight is 371 g/mol. The second-order valence-electron chi connectivity index (χ2n) is 7.13. The molecule has 1 aromatic heterocycles. The highest BCUT2D eigenvalue weighted by molar-refractivity contribution is 7.13. The number of nitrogens with two attached hydrogens (primary N) is 1. The van der Waals surface area contributed by atoms with Crippen LogP contribution in [0.1, 0.15) is 38.2 Å². The van der Waals surface area contributed by atoms with E-state index in [1.165, 1.54) is 10.4 Å². The normalized spacial score (nSPS) is 16.4. The number of carbonyl (C=O) groups is 2. The monoisotopic (exact) mass is 370 g/mol. The molecule has 1 aliphatic rings. The Morgan fingerprint density at radius 2 is 1.85 bits per heavy atom. The zero-order valence-electron chi connectivity index (χ0n) is 15.2. The first kappa shape index (κ1) is 18.6. The lowest BCUT2D eigenvalue weighted by Crippen LogP contribution is -2.49. The van der Waals surface area contributed by atoms with Crippen LogP contribution in [0.4, 0.5) is 0 Å². The third-order valence-electron chi connectivity index (χ3n) is 5.36. The predicted molar refractivity (Wildman–Crippen MR) is 106 cm³/mol. The first-order valence-corrected chi connectivity index (χ1v) is 10.1. The van der Waals surface area contributed by atoms with E-state index in [0.29, 0.717) is 38.8 Å². The van der Waals surface area contributed by atoms with Crippen LogP contribution in [0.2, 0.25) is 0 Å². The Balaban J connectivity index is 1.69. The molecule has 0 spiro atoms. The van der Waals surface area contributed by atoms with E-state index in [0.717, 1.165) is 12.0 Å². The summed E-state index contributed by atoms with van der Waals surface area (Å²) in [6.45, 7) is 3.25. The first-order chi connectivity index (χ1) is 12.5. The second kappa shape index (κ2) is 8.04. The molecule has 0 bridgehead atoms. The minimum Gasteiger partial charge on any atom is -0.369 e. The standard InChI is InChI=1S/C21H26N2O2S/c1-2-4-19(24)23-12-10-21(11-13-23,20(22)25)15-16-6-8-17(9-7-16)18-5-3-14-26-18/h3,5-9,14H,2,4,10-13,15H2,1H3,(H2,22,25). The summed E-state index contributed by atoms with van der Waals surface area (Å²) in [4.78, 5) is 27.5. The third kappa shape index (κ3) is 3.98. The van der Waals surface area contributed by atoms with Crippen LogP contribution in [0.5, 0.6) is 0 Å². The maximum Gasteiger partial charge on any atom is 0.224 e. The molecular formula is C21H26N2O2S. The number of amides is 2. The zero-order valence-corrected chi connectivity index (χ0v) is 16.1. The molecule has 2 heterocycles. The molecular weight excluding hydrogens is 344 g/mol. The lowest BCUT2D eigenvalue weighted by Gasteiger charge is -2.40. The Labute approximate surface area is 159 Å². The summed E-state index contributed by atoms with van der Waals surface area (Å²) in [6, 6.07) is 12.5. The summed E-state index contributed by atoms with van der Waals surface area (Å²) < 4.78 is 0. The number of benzene rings is 1. The molecule has 0 aliphatic carbocycles. The number of hydrogen-bond acceptors (Lipinski definition) is 3. The number of nitrogens with zero attached hydrogens (tertiary/aromatic N) is 1. The smallest absolute Gasteiger partial charge is 0.224 e. The molecule has 3 rings (SSSR count). The van der Waals surface area contributed by atoms with Crippen molar-refractivity contribution in [1.29, 1.82) is 0 Å². The van der Waals surface area contributed by atoms with Gasteiger partial charge in [-0.2, -0.15) is 0 Å². The van der Waals surface area contributed by atoms with Gasteiger partial charge in [0.15, 0.2) is 0 Å². The van der Waals surface area contributed by atoms with Crippen molar-refractivity contribution >= 4 is 23.2 Å². The van der Waals surface area contributed by atoms with Crippen LogP contribution in [-0.4, -0.2) is 29.8 Å². The highest BCUT2D eigenvalue weighted by Crippen LogP contribution is 2.36. The largest absolute Gasteiger partial charge is 0.369 e. The number of rotatable bonds is 6. The van der Waals surface area contributed by atoms with Gasteiger partial charge in [0.25, 0.3) is 0 Å². The molecule has 0 unspecified atom stereocenters. The Kier molecular flexibility index (Phi) is 5.77. The summed E-state index contributed by atoms with van der Waals surface area (Å²) in [5.74, 6) is -0.0618. The van der Waals surface area contributed by atoms with Crippen molar-refractivity contribution in [1.82, 2.24) is 4.90 Å². The maximum absolute atomic E-state index is 12.3. The van der Waals surface area contributed by atoms with Gasteiger partial charge in [-0.3, -0.25) is 9.59 Å². The molecule has 0 saturated carbocycles.